The molecule has 0 unspecified atom stereocenters. The minimum absolute atomic E-state index is 0.657. The van der Waals surface area contributed by atoms with Crippen LogP contribution in [0.2, 0.25) is 10.0 Å². The van der Waals surface area contributed by atoms with Gasteiger partial charge in [0.2, 0.25) is 0 Å². The summed E-state index contributed by atoms with van der Waals surface area (Å²) in [6.07, 6.45) is 2.11. The Morgan fingerprint density at radius 3 is 2.44 bits per heavy atom. The highest BCUT2D eigenvalue weighted by molar-refractivity contribution is 6.39. The van der Waals surface area contributed by atoms with Gasteiger partial charge in [-0.1, -0.05) is 47.5 Å². The molecule has 1 aliphatic heterocycles. The van der Waals surface area contributed by atoms with E-state index >= 15 is 0 Å². The highest BCUT2D eigenvalue weighted by atomic mass is 35.5. The summed E-state index contributed by atoms with van der Waals surface area (Å²) >= 11 is 12.5. The zero-order chi connectivity index (χ0) is 12.5. The summed E-state index contributed by atoms with van der Waals surface area (Å²) in [6.45, 7) is 0.756. The molecule has 0 bridgehead atoms. The molecule has 2 aromatic rings. The fourth-order valence-corrected chi connectivity index (χ4v) is 2.94. The van der Waals surface area contributed by atoms with E-state index in [0.717, 1.165) is 36.3 Å². The summed E-state index contributed by atoms with van der Waals surface area (Å²) in [7, 11) is 0. The average molecular weight is 279 g/mol. The van der Waals surface area contributed by atoms with Crippen LogP contribution in [0.3, 0.4) is 0 Å². The highest BCUT2D eigenvalue weighted by Crippen LogP contribution is 2.42. The van der Waals surface area contributed by atoms with Crippen LogP contribution in [0.4, 0.5) is 0 Å². The molecule has 1 aliphatic rings. The number of para-hydroxylation sites is 1. The number of benzene rings is 2. The van der Waals surface area contributed by atoms with Crippen molar-refractivity contribution >= 4 is 23.2 Å². The molecule has 0 N–H and O–H groups in total. The van der Waals surface area contributed by atoms with Crippen molar-refractivity contribution < 1.29 is 4.74 Å². The standard InChI is InChI=1S/C15H12Cl2O/c16-12-7-2-8-13(17)14(12)11-6-1-4-10-5-3-9-18-15(10)11/h1-2,4,6-8H,3,5,9H2. The van der Waals surface area contributed by atoms with Gasteiger partial charge in [-0.25, -0.2) is 0 Å². The van der Waals surface area contributed by atoms with Gasteiger partial charge in [0.15, 0.2) is 0 Å². The zero-order valence-electron chi connectivity index (χ0n) is 9.75. The van der Waals surface area contributed by atoms with Crippen LogP contribution in [0.1, 0.15) is 12.0 Å². The van der Waals surface area contributed by atoms with E-state index in [0.29, 0.717) is 10.0 Å². The first-order valence-electron chi connectivity index (χ1n) is 5.96. The van der Waals surface area contributed by atoms with Crippen LogP contribution in [0, 0.1) is 0 Å². The van der Waals surface area contributed by atoms with Crippen molar-refractivity contribution in [3.05, 3.63) is 52.0 Å². The number of aryl methyl sites for hydroxylation is 1. The predicted octanol–water partition coefficient (Wildman–Crippen LogP) is 4.99. The summed E-state index contributed by atoms with van der Waals surface area (Å²) < 4.78 is 5.80. The molecular weight excluding hydrogens is 267 g/mol. The largest absolute Gasteiger partial charge is 0.493 e. The maximum absolute atomic E-state index is 6.27. The van der Waals surface area contributed by atoms with Gasteiger partial charge in [-0.3, -0.25) is 0 Å². The second kappa shape index (κ2) is 4.83. The number of hydrogen-bond donors (Lipinski definition) is 0. The molecule has 0 aromatic heterocycles. The van der Waals surface area contributed by atoms with Gasteiger partial charge in [0.1, 0.15) is 5.75 Å². The Morgan fingerprint density at radius 2 is 1.67 bits per heavy atom. The second-order valence-electron chi connectivity index (χ2n) is 4.34. The molecule has 0 saturated carbocycles. The van der Waals surface area contributed by atoms with Gasteiger partial charge in [0, 0.05) is 11.1 Å². The van der Waals surface area contributed by atoms with Gasteiger partial charge in [-0.05, 0) is 30.5 Å². The number of fused-ring (bicyclic) bond motifs is 1. The minimum atomic E-state index is 0.657. The first kappa shape index (κ1) is 11.9. The molecule has 1 heterocycles. The molecule has 0 amide bonds. The average Bonchev–Trinajstić information content (AvgIpc) is 2.39. The summed E-state index contributed by atoms with van der Waals surface area (Å²) in [4.78, 5) is 0. The van der Waals surface area contributed by atoms with Crippen LogP contribution in [-0.4, -0.2) is 6.61 Å². The molecule has 0 fully saturated rings. The Morgan fingerprint density at radius 1 is 0.944 bits per heavy atom. The number of ether oxygens (including phenoxy) is 1. The second-order valence-corrected chi connectivity index (χ2v) is 5.16. The smallest absolute Gasteiger partial charge is 0.130 e. The molecule has 3 heteroatoms. The first-order valence-corrected chi connectivity index (χ1v) is 6.72. The van der Waals surface area contributed by atoms with Gasteiger partial charge in [-0.15, -0.1) is 0 Å². The van der Waals surface area contributed by atoms with Gasteiger partial charge in [-0.2, -0.15) is 0 Å². The molecule has 1 nitrogen and oxygen atoms in total. The van der Waals surface area contributed by atoms with Crippen LogP contribution in [0.5, 0.6) is 5.75 Å². The first-order chi connectivity index (χ1) is 8.77. The summed E-state index contributed by atoms with van der Waals surface area (Å²) in [5, 5.41) is 1.31. The fourth-order valence-electron chi connectivity index (χ4n) is 2.34. The number of rotatable bonds is 1. The summed E-state index contributed by atoms with van der Waals surface area (Å²) in [6, 6.07) is 11.7. The summed E-state index contributed by atoms with van der Waals surface area (Å²) in [5.41, 5.74) is 3.08. The maximum Gasteiger partial charge on any atom is 0.130 e. The lowest BCUT2D eigenvalue weighted by Gasteiger charge is -2.21. The van der Waals surface area contributed by atoms with E-state index in [1.54, 1.807) is 0 Å². The molecule has 0 spiro atoms. The van der Waals surface area contributed by atoms with Gasteiger partial charge in [0.05, 0.1) is 16.7 Å². The van der Waals surface area contributed by atoms with Crippen molar-refractivity contribution in [3.8, 4) is 16.9 Å². The van der Waals surface area contributed by atoms with Gasteiger partial charge in [0.25, 0.3) is 0 Å². The topological polar surface area (TPSA) is 9.23 Å². The van der Waals surface area contributed by atoms with E-state index < -0.39 is 0 Å². The normalized spacial score (nSPS) is 13.9. The molecule has 0 atom stereocenters. The lowest BCUT2D eigenvalue weighted by Crippen LogP contribution is -2.09. The number of halogens is 2. The Balaban J connectivity index is 2.23. The van der Waals surface area contributed by atoms with Crippen molar-refractivity contribution in [1.82, 2.24) is 0 Å². The summed E-state index contributed by atoms with van der Waals surface area (Å²) in [5.74, 6) is 0.929. The van der Waals surface area contributed by atoms with Crippen molar-refractivity contribution in [3.63, 3.8) is 0 Å². The number of hydrogen-bond acceptors (Lipinski definition) is 1. The molecule has 2 aromatic carbocycles. The van der Waals surface area contributed by atoms with E-state index in [-0.39, 0.29) is 0 Å². The Labute approximate surface area is 116 Å². The van der Waals surface area contributed by atoms with Crippen LogP contribution >= 0.6 is 23.2 Å². The quantitative estimate of drug-likeness (QED) is 0.715. The van der Waals surface area contributed by atoms with Gasteiger partial charge < -0.3 is 4.74 Å². The van der Waals surface area contributed by atoms with Crippen molar-refractivity contribution in [2.75, 3.05) is 6.61 Å². The Bertz CT molecular complexity index is 573. The molecule has 0 saturated heterocycles. The Hall–Kier alpha value is -1.18. The minimum Gasteiger partial charge on any atom is -0.493 e. The monoisotopic (exact) mass is 278 g/mol. The van der Waals surface area contributed by atoms with Gasteiger partial charge >= 0.3 is 0 Å². The molecular formula is C15H12Cl2O. The molecule has 3 rings (SSSR count). The lowest BCUT2D eigenvalue weighted by molar-refractivity contribution is 0.289. The van der Waals surface area contributed by atoms with E-state index in [4.69, 9.17) is 27.9 Å². The molecule has 92 valence electrons. The van der Waals surface area contributed by atoms with Crippen molar-refractivity contribution in [2.45, 2.75) is 12.8 Å². The van der Waals surface area contributed by atoms with Crippen LogP contribution in [0.15, 0.2) is 36.4 Å². The lowest BCUT2D eigenvalue weighted by atomic mass is 9.97. The SMILES string of the molecule is Clc1cccc(Cl)c1-c1cccc2c1OCCC2. The third kappa shape index (κ3) is 1.98. The van der Waals surface area contributed by atoms with E-state index in [1.165, 1.54) is 5.56 Å². The molecule has 0 aliphatic carbocycles. The fraction of sp³-hybridized carbons (Fsp3) is 0.200. The van der Waals surface area contributed by atoms with E-state index in [2.05, 4.69) is 6.07 Å². The third-order valence-corrected chi connectivity index (χ3v) is 3.80. The van der Waals surface area contributed by atoms with E-state index in [1.807, 2.05) is 30.3 Å². The van der Waals surface area contributed by atoms with Crippen LogP contribution < -0.4 is 4.74 Å². The van der Waals surface area contributed by atoms with Crippen LogP contribution in [-0.2, 0) is 6.42 Å². The van der Waals surface area contributed by atoms with Crippen LogP contribution in [0.25, 0.3) is 11.1 Å². The maximum atomic E-state index is 6.27. The van der Waals surface area contributed by atoms with Crippen molar-refractivity contribution in [1.29, 1.82) is 0 Å². The zero-order valence-corrected chi connectivity index (χ0v) is 11.3. The molecule has 18 heavy (non-hydrogen) atoms. The van der Waals surface area contributed by atoms with E-state index in [9.17, 15) is 0 Å². The predicted molar refractivity (Wildman–Crippen MR) is 75.7 cm³/mol. The van der Waals surface area contributed by atoms with Crippen molar-refractivity contribution in [2.24, 2.45) is 0 Å². The third-order valence-electron chi connectivity index (χ3n) is 3.17. The molecule has 0 radical (unpaired) electrons. The Kier molecular flexibility index (Phi) is 3.19. The highest BCUT2D eigenvalue weighted by Gasteiger charge is 2.18.